The lowest BCUT2D eigenvalue weighted by molar-refractivity contribution is -0.167. The van der Waals surface area contributed by atoms with Crippen molar-refractivity contribution in [1.29, 1.82) is 0 Å². The third-order valence-electron chi connectivity index (χ3n) is 14.1. The summed E-state index contributed by atoms with van der Waals surface area (Å²) in [5, 5.41) is 0. The van der Waals surface area contributed by atoms with E-state index in [2.05, 4.69) is 118 Å². The summed E-state index contributed by atoms with van der Waals surface area (Å²) in [4.78, 5) is 38.3. The van der Waals surface area contributed by atoms with E-state index in [0.717, 1.165) is 116 Å². The van der Waals surface area contributed by atoms with Crippen molar-refractivity contribution in [2.75, 3.05) is 13.2 Å². The van der Waals surface area contributed by atoms with E-state index in [9.17, 15) is 14.4 Å². The smallest absolute Gasteiger partial charge is 0.306 e. The van der Waals surface area contributed by atoms with Gasteiger partial charge in [0.05, 0.1) is 0 Å². The minimum absolute atomic E-state index is 0.0842. The van der Waals surface area contributed by atoms with Gasteiger partial charge >= 0.3 is 17.9 Å². The van der Waals surface area contributed by atoms with Gasteiger partial charge in [0.1, 0.15) is 13.2 Å². The largest absolute Gasteiger partial charge is 0.462 e. The average molecular weight is 1070 g/mol. The van der Waals surface area contributed by atoms with Gasteiger partial charge < -0.3 is 14.2 Å². The standard InChI is InChI=1S/C71H122O6/c1-4-7-10-13-16-19-22-25-27-29-31-33-35-37-39-41-43-46-49-52-55-58-61-64-70(73)76-67-68(66-75-69(72)63-60-57-54-51-48-45-24-21-18-15-12-9-6-3)77-71(74)65-62-59-56-53-50-47-44-42-40-38-36-34-32-30-28-26-23-20-17-14-11-8-5-2/h7,10,16,19,23,25-27,30-33,37,39,43,46,68H,4-6,8-9,11-15,17-18,20-22,24,28-29,34-36,38,40-42,44-45,47-67H2,1-3H3/b10-7-,19-16-,26-23-,27-25-,32-30-,33-31-,39-37-,46-43-. The van der Waals surface area contributed by atoms with Crippen LogP contribution in [-0.4, -0.2) is 37.2 Å². The van der Waals surface area contributed by atoms with E-state index in [1.54, 1.807) is 0 Å². The molecule has 0 aliphatic heterocycles. The van der Waals surface area contributed by atoms with Crippen molar-refractivity contribution in [3.63, 3.8) is 0 Å². The van der Waals surface area contributed by atoms with Crippen LogP contribution < -0.4 is 0 Å². The molecule has 442 valence electrons. The summed E-state index contributed by atoms with van der Waals surface area (Å²) in [5.41, 5.74) is 0. The summed E-state index contributed by atoms with van der Waals surface area (Å²) < 4.78 is 16.9. The lowest BCUT2D eigenvalue weighted by atomic mass is 10.0. The highest BCUT2D eigenvalue weighted by Crippen LogP contribution is 2.16. The second-order valence-corrected chi connectivity index (χ2v) is 21.6. The molecule has 0 saturated heterocycles. The third-order valence-corrected chi connectivity index (χ3v) is 14.1. The Morgan fingerprint density at radius 3 is 0.792 bits per heavy atom. The zero-order valence-electron chi connectivity index (χ0n) is 50.7. The van der Waals surface area contributed by atoms with Gasteiger partial charge in [0, 0.05) is 19.3 Å². The summed E-state index contributed by atoms with van der Waals surface area (Å²) >= 11 is 0. The van der Waals surface area contributed by atoms with E-state index >= 15 is 0 Å². The molecule has 77 heavy (non-hydrogen) atoms. The van der Waals surface area contributed by atoms with Crippen molar-refractivity contribution < 1.29 is 28.6 Å². The van der Waals surface area contributed by atoms with Crippen molar-refractivity contribution in [3.8, 4) is 0 Å². The van der Waals surface area contributed by atoms with Gasteiger partial charge in [0.25, 0.3) is 0 Å². The number of carbonyl (C=O) groups is 3. The number of rotatable bonds is 59. The van der Waals surface area contributed by atoms with Crippen molar-refractivity contribution in [3.05, 3.63) is 97.2 Å². The zero-order valence-corrected chi connectivity index (χ0v) is 50.7. The molecule has 0 aromatic heterocycles. The molecule has 0 radical (unpaired) electrons. The summed E-state index contributed by atoms with van der Waals surface area (Å²) in [6.07, 6.45) is 86.9. The third kappa shape index (κ3) is 63.0. The molecule has 0 aliphatic carbocycles. The van der Waals surface area contributed by atoms with Crippen molar-refractivity contribution >= 4 is 17.9 Å². The van der Waals surface area contributed by atoms with Gasteiger partial charge in [-0.3, -0.25) is 14.4 Å². The van der Waals surface area contributed by atoms with Crippen LogP contribution in [0.1, 0.15) is 316 Å². The molecule has 0 fully saturated rings. The van der Waals surface area contributed by atoms with Gasteiger partial charge in [-0.05, 0) is 103 Å². The molecule has 0 aromatic rings. The maximum absolute atomic E-state index is 12.9. The molecule has 6 nitrogen and oxygen atoms in total. The Bertz CT molecular complexity index is 1510. The van der Waals surface area contributed by atoms with Crippen LogP contribution in [0.5, 0.6) is 0 Å². The van der Waals surface area contributed by atoms with Crippen LogP contribution in [0.2, 0.25) is 0 Å². The summed E-state index contributed by atoms with van der Waals surface area (Å²) in [6.45, 7) is 6.52. The highest BCUT2D eigenvalue weighted by molar-refractivity contribution is 5.71. The van der Waals surface area contributed by atoms with Crippen LogP contribution in [-0.2, 0) is 28.6 Å². The SMILES string of the molecule is CC/C=C\C/C=C\C/C=C\C/C=C\C/C=C\C/C=C\CCCCCCC(=O)OCC(COC(=O)CCCCCCCCCCCCCCC)OC(=O)CCCCCCCCCCCCC/C=C\C/C=C\CCCCCCC. The number of hydrogen-bond acceptors (Lipinski definition) is 6. The lowest BCUT2D eigenvalue weighted by Crippen LogP contribution is -2.30. The van der Waals surface area contributed by atoms with Crippen LogP contribution in [0.25, 0.3) is 0 Å². The molecule has 0 spiro atoms. The van der Waals surface area contributed by atoms with Gasteiger partial charge in [-0.1, -0.05) is 291 Å². The molecule has 6 heteroatoms. The first-order chi connectivity index (χ1) is 38.0. The Hall–Kier alpha value is -3.67. The van der Waals surface area contributed by atoms with Gasteiger partial charge in [-0.2, -0.15) is 0 Å². The van der Waals surface area contributed by atoms with E-state index < -0.39 is 6.10 Å². The maximum atomic E-state index is 12.9. The Balaban J connectivity index is 4.38. The van der Waals surface area contributed by atoms with E-state index in [1.807, 2.05) is 0 Å². The fraction of sp³-hybridized carbons (Fsp3) is 0.732. The zero-order chi connectivity index (χ0) is 55.7. The van der Waals surface area contributed by atoms with E-state index in [4.69, 9.17) is 14.2 Å². The molecule has 0 rings (SSSR count). The Labute approximate surface area is 477 Å². The second-order valence-electron chi connectivity index (χ2n) is 21.6. The minimum Gasteiger partial charge on any atom is -0.462 e. The molecular weight excluding hydrogens is 949 g/mol. The van der Waals surface area contributed by atoms with Crippen molar-refractivity contribution in [2.24, 2.45) is 0 Å². The monoisotopic (exact) mass is 1070 g/mol. The van der Waals surface area contributed by atoms with Crippen LogP contribution in [0.4, 0.5) is 0 Å². The summed E-state index contributed by atoms with van der Waals surface area (Å²) in [7, 11) is 0. The molecular formula is C71H122O6. The first-order valence-electron chi connectivity index (χ1n) is 32.7. The first-order valence-corrected chi connectivity index (χ1v) is 32.7. The molecule has 0 N–H and O–H groups in total. The molecule has 1 unspecified atom stereocenters. The minimum atomic E-state index is -0.790. The highest BCUT2D eigenvalue weighted by Gasteiger charge is 2.19. The van der Waals surface area contributed by atoms with Gasteiger partial charge in [-0.15, -0.1) is 0 Å². The highest BCUT2D eigenvalue weighted by atomic mass is 16.6. The Morgan fingerprint density at radius 2 is 0.506 bits per heavy atom. The number of allylic oxidation sites excluding steroid dienone is 16. The van der Waals surface area contributed by atoms with E-state index in [-0.39, 0.29) is 31.1 Å². The average Bonchev–Trinajstić information content (AvgIpc) is 3.43. The van der Waals surface area contributed by atoms with Crippen molar-refractivity contribution in [1.82, 2.24) is 0 Å². The molecule has 0 aliphatic rings. The Morgan fingerprint density at radius 1 is 0.273 bits per heavy atom. The summed E-state index contributed by atoms with van der Waals surface area (Å²) in [5.74, 6) is -0.900. The number of hydrogen-bond donors (Lipinski definition) is 0. The van der Waals surface area contributed by atoms with E-state index in [0.29, 0.717) is 19.3 Å². The van der Waals surface area contributed by atoms with Crippen LogP contribution in [0, 0.1) is 0 Å². The second kappa shape index (κ2) is 64.9. The number of ether oxygens (including phenoxy) is 3. The van der Waals surface area contributed by atoms with Crippen LogP contribution in [0.3, 0.4) is 0 Å². The molecule has 0 bridgehead atoms. The fourth-order valence-corrected chi connectivity index (χ4v) is 9.18. The quantitative estimate of drug-likeness (QED) is 0.0261. The van der Waals surface area contributed by atoms with Gasteiger partial charge in [0.2, 0.25) is 0 Å². The number of carbonyl (C=O) groups excluding carboxylic acids is 3. The van der Waals surface area contributed by atoms with Gasteiger partial charge in [-0.25, -0.2) is 0 Å². The lowest BCUT2D eigenvalue weighted by Gasteiger charge is -2.18. The van der Waals surface area contributed by atoms with Crippen LogP contribution >= 0.6 is 0 Å². The molecule has 0 saturated carbocycles. The van der Waals surface area contributed by atoms with Gasteiger partial charge in [0.15, 0.2) is 6.10 Å². The predicted molar refractivity (Wildman–Crippen MR) is 334 cm³/mol. The van der Waals surface area contributed by atoms with E-state index in [1.165, 1.54) is 161 Å². The fourth-order valence-electron chi connectivity index (χ4n) is 9.18. The van der Waals surface area contributed by atoms with Crippen molar-refractivity contribution in [2.45, 2.75) is 322 Å². The molecule has 0 aromatic carbocycles. The molecule has 1 atom stereocenters. The van der Waals surface area contributed by atoms with Crippen LogP contribution in [0.15, 0.2) is 97.2 Å². The normalized spacial score (nSPS) is 12.7. The summed E-state index contributed by atoms with van der Waals surface area (Å²) in [6, 6.07) is 0. The number of esters is 3. The Kier molecular flexibility index (Phi) is 61.8. The predicted octanol–water partition coefficient (Wildman–Crippen LogP) is 22.4. The number of unbranched alkanes of at least 4 members (excludes halogenated alkanes) is 32. The molecule has 0 heterocycles. The topological polar surface area (TPSA) is 78.9 Å². The maximum Gasteiger partial charge on any atom is 0.306 e. The first kappa shape index (κ1) is 73.3. The molecule has 0 amide bonds.